The molecule has 1 amide bonds. The van der Waals surface area contributed by atoms with Gasteiger partial charge in [0.05, 0.1) is 5.52 Å². The fraction of sp³-hybridized carbons (Fsp3) is 0.550. The number of rotatable bonds is 7. The van der Waals surface area contributed by atoms with Crippen LogP contribution in [0.3, 0.4) is 0 Å². The smallest absolute Gasteiger partial charge is 0.221 e. The van der Waals surface area contributed by atoms with Gasteiger partial charge in [0.2, 0.25) is 5.91 Å². The lowest BCUT2D eigenvalue weighted by atomic mass is 10.1. The monoisotopic (exact) mass is 340 g/mol. The first-order valence-electron chi connectivity index (χ1n) is 9.28. The van der Waals surface area contributed by atoms with Gasteiger partial charge in [0.1, 0.15) is 11.6 Å². The third-order valence-corrected chi connectivity index (χ3v) is 4.47. The maximum absolute atomic E-state index is 12.1. The molecular weight excluding hydrogens is 312 g/mol. The molecule has 0 aliphatic heterocycles. The van der Waals surface area contributed by atoms with Gasteiger partial charge in [-0.15, -0.1) is 0 Å². The van der Waals surface area contributed by atoms with E-state index in [9.17, 15) is 4.79 Å². The fourth-order valence-corrected chi connectivity index (χ4v) is 3.05. The highest BCUT2D eigenvalue weighted by Gasteiger charge is 2.28. The summed E-state index contributed by atoms with van der Waals surface area (Å²) in [7, 11) is 0. The Morgan fingerprint density at radius 3 is 2.56 bits per heavy atom. The second kappa shape index (κ2) is 7.38. The molecule has 1 aromatic carbocycles. The Hall–Kier alpha value is -2.17. The van der Waals surface area contributed by atoms with E-state index in [1.54, 1.807) is 0 Å². The summed E-state index contributed by atoms with van der Waals surface area (Å²) in [6.45, 7) is 8.92. The van der Waals surface area contributed by atoms with Crippen LogP contribution in [-0.2, 0) is 4.79 Å². The Balaban J connectivity index is 1.91. The first kappa shape index (κ1) is 17.6. The van der Waals surface area contributed by atoms with Gasteiger partial charge in [-0.25, -0.2) is 9.97 Å². The van der Waals surface area contributed by atoms with Crippen molar-refractivity contribution in [3.63, 3.8) is 0 Å². The zero-order valence-electron chi connectivity index (χ0n) is 15.6. The predicted octanol–water partition coefficient (Wildman–Crippen LogP) is 3.64. The average molecular weight is 340 g/mol. The van der Waals surface area contributed by atoms with Gasteiger partial charge in [0, 0.05) is 36.4 Å². The lowest BCUT2D eigenvalue weighted by Crippen LogP contribution is -2.37. The largest absolute Gasteiger partial charge is 0.354 e. The van der Waals surface area contributed by atoms with Crippen molar-refractivity contribution in [1.29, 1.82) is 0 Å². The summed E-state index contributed by atoms with van der Waals surface area (Å²) in [4.78, 5) is 24.0. The summed E-state index contributed by atoms with van der Waals surface area (Å²) < 4.78 is 0. The number of nitrogens with zero attached hydrogens (tertiary/aromatic N) is 3. The molecular formula is C20H28N4O. The first-order chi connectivity index (χ1) is 12.0. The van der Waals surface area contributed by atoms with Crippen molar-refractivity contribution in [2.75, 3.05) is 11.4 Å². The van der Waals surface area contributed by atoms with E-state index in [0.717, 1.165) is 22.5 Å². The van der Waals surface area contributed by atoms with E-state index in [1.165, 1.54) is 12.8 Å². The SMILES string of the molecule is CC(C)NC(=O)CCN(c1nc(C2CC2)nc2ccccc12)C(C)C. The summed E-state index contributed by atoms with van der Waals surface area (Å²) >= 11 is 0. The molecule has 2 aromatic rings. The molecule has 25 heavy (non-hydrogen) atoms. The number of hydrogen-bond donors (Lipinski definition) is 1. The number of para-hydroxylation sites is 1. The lowest BCUT2D eigenvalue weighted by Gasteiger charge is -2.29. The van der Waals surface area contributed by atoms with E-state index in [2.05, 4.69) is 36.2 Å². The van der Waals surface area contributed by atoms with E-state index in [1.807, 2.05) is 26.0 Å². The van der Waals surface area contributed by atoms with E-state index in [0.29, 0.717) is 18.9 Å². The van der Waals surface area contributed by atoms with Gasteiger partial charge in [-0.3, -0.25) is 4.79 Å². The van der Waals surface area contributed by atoms with Crippen molar-refractivity contribution in [1.82, 2.24) is 15.3 Å². The normalized spacial score (nSPS) is 14.3. The van der Waals surface area contributed by atoms with Gasteiger partial charge in [-0.2, -0.15) is 0 Å². The highest BCUT2D eigenvalue weighted by Crippen LogP contribution is 2.40. The minimum absolute atomic E-state index is 0.0847. The number of carbonyl (C=O) groups excluding carboxylic acids is 1. The molecule has 5 heteroatoms. The molecule has 0 unspecified atom stereocenters. The summed E-state index contributed by atoms with van der Waals surface area (Å²) in [5.41, 5.74) is 0.992. The van der Waals surface area contributed by atoms with Gasteiger partial charge in [0.15, 0.2) is 0 Å². The quantitative estimate of drug-likeness (QED) is 0.836. The Labute approximate surface area is 149 Å². The molecule has 134 valence electrons. The third-order valence-electron chi connectivity index (χ3n) is 4.47. The van der Waals surface area contributed by atoms with Crippen LogP contribution in [0.1, 0.15) is 58.7 Å². The molecule has 1 saturated carbocycles. The zero-order chi connectivity index (χ0) is 18.0. The van der Waals surface area contributed by atoms with Crippen molar-refractivity contribution in [3.8, 4) is 0 Å². The Morgan fingerprint density at radius 1 is 1.20 bits per heavy atom. The lowest BCUT2D eigenvalue weighted by molar-refractivity contribution is -0.121. The minimum Gasteiger partial charge on any atom is -0.354 e. The van der Waals surface area contributed by atoms with Gasteiger partial charge in [-0.05, 0) is 52.7 Å². The van der Waals surface area contributed by atoms with Gasteiger partial charge in [-0.1, -0.05) is 12.1 Å². The van der Waals surface area contributed by atoms with Gasteiger partial charge >= 0.3 is 0 Å². The molecule has 0 spiro atoms. The highest BCUT2D eigenvalue weighted by molar-refractivity contribution is 5.90. The van der Waals surface area contributed by atoms with Crippen LogP contribution in [0, 0.1) is 0 Å². The number of nitrogens with one attached hydrogen (secondary N) is 1. The standard InChI is InChI=1S/C20H28N4O/c1-13(2)21-18(25)11-12-24(14(3)4)20-16-7-5-6-8-17(16)22-19(23-20)15-9-10-15/h5-8,13-15H,9-12H2,1-4H3,(H,21,25). The number of aromatic nitrogens is 2. The van der Waals surface area contributed by atoms with Crippen LogP contribution in [0.5, 0.6) is 0 Å². The molecule has 1 N–H and O–H groups in total. The van der Waals surface area contributed by atoms with Crippen LogP contribution in [0.2, 0.25) is 0 Å². The fourth-order valence-electron chi connectivity index (χ4n) is 3.05. The molecule has 1 aliphatic rings. The molecule has 3 rings (SSSR count). The number of hydrogen-bond acceptors (Lipinski definition) is 4. The number of benzene rings is 1. The minimum atomic E-state index is 0.0847. The Morgan fingerprint density at radius 2 is 1.92 bits per heavy atom. The van der Waals surface area contributed by atoms with Crippen LogP contribution in [0.15, 0.2) is 24.3 Å². The van der Waals surface area contributed by atoms with Crippen LogP contribution in [0.25, 0.3) is 10.9 Å². The first-order valence-corrected chi connectivity index (χ1v) is 9.28. The molecule has 0 radical (unpaired) electrons. The summed E-state index contributed by atoms with van der Waals surface area (Å²) in [5, 5.41) is 4.03. The van der Waals surface area contributed by atoms with E-state index < -0.39 is 0 Å². The van der Waals surface area contributed by atoms with Crippen LogP contribution >= 0.6 is 0 Å². The number of amides is 1. The molecule has 0 bridgehead atoms. The Bertz CT molecular complexity index is 752. The molecule has 0 saturated heterocycles. The van der Waals surface area contributed by atoms with E-state index in [-0.39, 0.29) is 18.0 Å². The number of anilines is 1. The predicted molar refractivity (Wildman–Crippen MR) is 102 cm³/mol. The second-order valence-corrected chi connectivity index (χ2v) is 7.46. The molecule has 0 atom stereocenters. The summed E-state index contributed by atoms with van der Waals surface area (Å²) in [6, 6.07) is 8.60. The van der Waals surface area contributed by atoms with Gasteiger partial charge < -0.3 is 10.2 Å². The van der Waals surface area contributed by atoms with Crippen LogP contribution in [0.4, 0.5) is 5.82 Å². The molecule has 1 aliphatic carbocycles. The van der Waals surface area contributed by atoms with Crippen molar-refractivity contribution < 1.29 is 4.79 Å². The van der Waals surface area contributed by atoms with E-state index >= 15 is 0 Å². The maximum atomic E-state index is 12.1. The summed E-state index contributed by atoms with van der Waals surface area (Å²) in [5.74, 6) is 2.49. The second-order valence-electron chi connectivity index (χ2n) is 7.46. The van der Waals surface area contributed by atoms with Gasteiger partial charge in [0.25, 0.3) is 0 Å². The molecule has 1 aromatic heterocycles. The van der Waals surface area contributed by atoms with Crippen molar-refractivity contribution in [2.24, 2.45) is 0 Å². The number of fused-ring (bicyclic) bond motifs is 1. The van der Waals surface area contributed by atoms with Crippen LogP contribution < -0.4 is 10.2 Å². The maximum Gasteiger partial charge on any atom is 0.221 e. The van der Waals surface area contributed by atoms with E-state index in [4.69, 9.17) is 9.97 Å². The zero-order valence-corrected chi connectivity index (χ0v) is 15.6. The molecule has 1 fully saturated rings. The topological polar surface area (TPSA) is 58.1 Å². The van der Waals surface area contributed by atoms with Crippen molar-refractivity contribution in [2.45, 2.75) is 65.0 Å². The molecule has 5 nitrogen and oxygen atoms in total. The average Bonchev–Trinajstić information content (AvgIpc) is 3.38. The van der Waals surface area contributed by atoms with Crippen LogP contribution in [-0.4, -0.2) is 34.5 Å². The van der Waals surface area contributed by atoms with Crippen molar-refractivity contribution in [3.05, 3.63) is 30.1 Å². The third kappa shape index (κ3) is 4.27. The Kier molecular flexibility index (Phi) is 5.21. The number of carbonyl (C=O) groups is 1. The molecule has 1 heterocycles. The van der Waals surface area contributed by atoms with Crippen molar-refractivity contribution >= 4 is 22.6 Å². The highest BCUT2D eigenvalue weighted by atomic mass is 16.1. The summed E-state index contributed by atoms with van der Waals surface area (Å²) in [6.07, 6.45) is 2.82.